The molecule has 3 rings (SSSR count). The lowest BCUT2D eigenvalue weighted by Gasteiger charge is -2.23. The van der Waals surface area contributed by atoms with E-state index in [4.69, 9.17) is 11.5 Å². The van der Waals surface area contributed by atoms with E-state index in [1.165, 1.54) is 0 Å². The fourth-order valence-corrected chi connectivity index (χ4v) is 4.23. The highest BCUT2D eigenvalue weighted by molar-refractivity contribution is 7.17. The molecule has 164 valence electrons. The zero-order valence-corrected chi connectivity index (χ0v) is 18.6. The summed E-state index contributed by atoms with van der Waals surface area (Å²) in [6.45, 7) is 4.21. The quantitative estimate of drug-likeness (QED) is 0.408. The molecule has 31 heavy (non-hydrogen) atoms. The summed E-state index contributed by atoms with van der Waals surface area (Å²) >= 11 is 1.62. The number of rotatable bonds is 9. The van der Waals surface area contributed by atoms with E-state index in [1.54, 1.807) is 29.7 Å². The summed E-state index contributed by atoms with van der Waals surface area (Å²) in [6, 6.07) is 10.1. The molecule has 7 nitrogen and oxygen atoms in total. The van der Waals surface area contributed by atoms with Crippen molar-refractivity contribution in [2.24, 2.45) is 11.7 Å². The molecule has 2 aromatic heterocycles. The molecule has 2 heterocycles. The average Bonchev–Trinajstić information content (AvgIpc) is 3.19. The lowest BCUT2D eigenvalue weighted by atomic mass is 9.98. The number of benzene rings is 1. The van der Waals surface area contributed by atoms with Gasteiger partial charge in [0, 0.05) is 23.9 Å². The summed E-state index contributed by atoms with van der Waals surface area (Å²) in [5.41, 5.74) is 13.6. The van der Waals surface area contributed by atoms with Gasteiger partial charge in [-0.1, -0.05) is 44.5 Å². The van der Waals surface area contributed by atoms with Crippen molar-refractivity contribution in [1.82, 2.24) is 15.6 Å². The highest BCUT2D eigenvalue weighted by Gasteiger charge is 2.27. The lowest BCUT2D eigenvalue weighted by Crippen LogP contribution is -2.53. The minimum absolute atomic E-state index is 0.0199. The molecule has 0 aliphatic carbocycles. The van der Waals surface area contributed by atoms with Crippen molar-refractivity contribution < 1.29 is 9.59 Å². The number of thiophene rings is 1. The largest absolute Gasteiger partial charge is 0.384 e. The van der Waals surface area contributed by atoms with Gasteiger partial charge in [0.1, 0.15) is 11.9 Å². The molecule has 0 fully saturated rings. The van der Waals surface area contributed by atoms with Crippen molar-refractivity contribution in [2.75, 3.05) is 5.73 Å². The van der Waals surface area contributed by atoms with Gasteiger partial charge >= 0.3 is 0 Å². The van der Waals surface area contributed by atoms with Crippen LogP contribution in [0.1, 0.15) is 31.4 Å². The first kappa shape index (κ1) is 22.7. The second-order valence-corrected chi connectivity index (χ2v) is 8.65. The monoisotopic (exact) mass is 439 g/mol. The number of hydrogen-bond acceptors (Lipinski definition) is 6. The fourth-order valence-electron chi connectivity index (χ4n) is 3.25. The van der Waals surface area contributed by atoms with Crippen LogP contribution >= 0.6 is 11.3 Å². The topological polar surface area (TPSA) is 123 Å². The predicted molar refractivity (Wildman–Crippen MR) is 125 cm³/mol. The van der Waals surface area contributed by atoms with Crippen LogP contribution in [0, 0.1) is 5.92 Å². The summed E-state index contributed by atoms with van der Waals surface area (Å²) in [5, 5.41) is 8.90. The molecule has 3 aromatic rings. The Balaban J connectivity index is 1.76. The van der Waals surface area contributed by atoms with E-state index in [2.05, 4.69) is 15.6 Å². The van der Waals surface area contributed by atoms with Crippen LogP contribution in [-0.2, 0) is 22.6 Å². The summed E-state index contributed by atoms with van der Waals surface area (Å²) in [5.74, 6) is -0.143. The van der Waals surface area contributed by atoms with E-state index in [0.29, 0.717) is 18.8 Å². The molecule has 0 radical (unpaired) electrons. The van der Waals surface area contributed by atoms with Gasteiger partial charge in [-0.25, -0.2) is 4.98 Å². The number of nitrogens with zero attached hydrogens (tertiary/aromatic N) is 1. The van der Waals surface area contributed by atoms with Crippen molar-refractivity contribution in [2.45, 2.75) is 45.3 Å². The van der Waals surface area contributed by atoms with Crippen molar-refractivity contribution >= 4 is 39.1 Å². The molecule has 2 amide bonds. The van der Waals surface area contributed by atoms with Gasteiger partial charge in [0.15, 0.2) is 0 Å². The summed E-state index contributed by atoms with van der Waals surface area (Å²) < 4.78 is 1.15. The Kier molecular flexibility index (Phi) is 7.59. The van der Waals surface area contributed by atoms with Crippen LogP contribution in [0.15, 0.2) is 48.0 Å². The number of anilines is 1. The normalized spacial score (nSPS) is 14.0. The molecule has 8 heteroatoms. The maximum absolute atomic E-state index is 13.0. The first-order chi connectivity index (χ1) is 14.9. The van der Waals surface area contributed by atoms with Gasteiger partial charge in [-0.15, -0.1) is 11.3 Å². The van der Waals surface area contributed by atoms with E-state index >= 15 is 0 Å². The van der Waals surface area contributed by atoms with Gasteiger partial charge in [0.25, 0.3) is 0 Å². The summed E-state index contributed by atoms with van der Waals surface area (Å²) in [6.07, 6.45) is 2.79. The Morgan fingerprint density at radius 2 is 1.94 bits per heavy atom. The lowest BCUT2D eigenvalue weighted by molar-refractivity contribution is -0.130. The van der Waals surface area contributed by atoms with E-state index in [-0.39, 0.29) is 17.7 Å². The number of hydrogen-bond donors (Lipinski definition) is 4. The Morgan fingerprint density at radius 1 is 1.16 bits per heavy atom. The number of amides is 2. The van der Waals surface area contributed by atoms with E-state index in [9.17, 15) is 9.59 Å². The zero-order valence-electron chi connectivity index (χ0n) is 17.8. The third-order valence-corrected chi connectivity index (χ3v) is 6.50. The van der Waals surface area contributed by atoms with E-state index in [0.717, 1.165) is 27.6 Å². The molecule has 0 saturated carbocycles. The van der Waals surface area contributed by atoms with Crippen LogP contribution in [0.3, 0.4) is 0 Å². The number of nitrogen functional groups attached to an aromatic ring is 1. The Labute approximate surface area is 186 Å². The Morgan fingerprint density at radius 3 is 2.65 bits per heavy atom. The van der Waals surface area contributed by atoms with Crippen molar-refractivity contribution in [3.05, 3.63) is 59.1 Å². The standard InChI is InChI=1S/C23H29N5O2S/c1-3-14(2)21(25)23(30)28-18(10-16-13-31-19-7-5-4-6-17(16)19)22(29)27-12-15-8-9-20(24)26-11-15/h4-9,11,13-14,18,21H,3,10,12,25H2,1-2H3,(H2,24,26)(H,27,29)(H,28,30)/t14?,18-,21+/m0/s1. The highest BCUT2D eigenvalue weighted by Crippen LogP contribution is 2.26. The highest BCUT2D eigenvalue weighted by atomic mass is 32.1. The second kappa shape index (κ2) is 10.4. The van der Waals surface area contributed by atoms with Crippen molar-refractivity contribution in [3.8, 4) is 0 Å². The van der Waals surface area contributed by atoms with Crippen LogP contribution in [0.4, 0.5) is 5.82 Å². The number of carbonyl (C=O) groups excluding carboxylic acids is 2. The predicted octanol–water partition coefficient (Wildman–Crippen LogP) is 2.60. The molecule has 0 aliphatic heterocycles. The maximum atomic E-state index is 13.0. The smallest absolute Gasteiger partial charge is 0.243 e. The second-order valence-electron chi connectivity index (χ2n) is 7.74. The molecule has 3 atom stereocenters. The minimum Gasteiger partial charge on any atom is -0.384 e. The van der Waals surface area contributed by atoms with Gasteiger partial charge in [-0.3, -0.25) is 9.59 Å². The number of nitrogens with two attached hydrogens (primary N) is 2. The van der Waals surface area contributed by atoms with Gasteiger partial charge < -0.3 is 22.1 Å². The maximum Gasteiger partial charge on any atom is 0.243 e. The van der Waals surface area contributed by atoms with Gasteiger partial charge in [-0.05, 0) is 39.9 Å². The summed E-state index contributed by atoms with van der Waals surface area (Å²) in [7, 11) is 0. The molecule has 0 saturated heterocycles. The number of pyridine rings is 1. The number of fused-ring (bicyclic) bond motifs is 1. The molecular weight excluding hydrogens is 410 g/mol. The molecule has 1 unspecified atom stereocenters. The van der Waals surface area contributed by atoms with Crippen molar-refractivity contribution in [3.63, 3.8) is 0 Å². The van der Waals surface area contributed by atoms with Crippen molar-refractivity contribution in [1.29, 1.82) is 0 Å². The van der Waals surface area contributed by atoms with Gasteiger partial charge in [0.05, 0.1) is 6.04 Å². The number of carbonyl (C=O) groups is 2. The SMILES string of the molecule is CCC(C)[C@@H](N)C(=O)N[C@@H](Cc1csc2ccccc12)C(=O)NCc1ccc(N)nc1. The molecule has 0 bridgehead atoms. The Hall–Kier alpha value is -2.97. The van der Waals surface area contributed by atoms with Crippen LogP contribution < -0.4 is 22.1 Å². The third kappa shape index (κ3) is 5.80. The number of nitrogens with one attached hydrogen (secondary N) is 2. The molecule has 0 spiro atoms. The molecule has 6 N–H and O–H groups in total. The zero-order chi connectivity index (χ0) is 22.4. The first-order valence-corrected chi connectivity index (χ1v) is 11.3. The van der Waals surface area contributed by atoms with Crippen LogP contribution in [0.25, 0.3) is 10.1 Å². The summed E-state index contributed by atoms with van der Waals surface area (Å²) in [4.78, 5) is 29.8. The molecule has 0 aliphatic rings. The third-order valence-electron chi connectivity index (χ3n) is 5.49. The molecular formula is C23H29N5O2S. The van der Waals surface area contributed by atoms with Crippen LogP contribution in [0.2, 0.25) is 0 Å². The van der Waals surface area contributed by atoms with Crippen LogP contribution in [-0.4, -0.2) is 28.9 Å². The first-order valence-electron chi connectivity index (χ1n) is 10.4. The number of aromatic nitrogens is 1. The minimum atomic E-state index is -0.734. The molecule has 1 aromatic carbocycles. The van der Waals surface area contributed by atoms with E-state index in [1.807, 2.05) is 43.5 Å². The fraction of sp³-hybridized carbons (Fsp3) is 0.348. The van der Waals surface area contributed by atoms with Gasteiger partial charge in [0.2, 0.25) is 11.8 Å². The Bertz CT molecular complexity index is 1030. The van der Waals surface area contributed by atoms with Gasteiger partial charge in [-0.2, -0.15) is 0 Å². The van der Waals surface area contributed by atoms with Crippen LogP contribution in [0.5, 0.6) is 0 Å². The average molecular weight is 440 g/mol. The van der Waals surface area contributed by atoms with E-state index < -0.39 is 12.1 Å².